The van der Waals surface area contributed by atoms with Crippen LogP contribution in [0.4, 0.5) is 0 Å². The molecule has 0 spiro atoms. The molecule has 0 saturated heterocycles. The van der Waals surface area contributed by atoms with Crippen LogP contribution in [0.3, 0.4) is 0 Å². The normalized spacial score (nSPS) is 20.9. The van der Waals surface area contributed by atoms with Gasteiger partial charge < -0.3 is 14.2 Å². The first-order chi connectivity index (χ1) is 14.4. The van der Waals surface area contributed by atoms with Crippen LogP contribution < -0.4 is 9.47 Å². The molecular weight excluding hydrogens is 400 g/mol. The maximum atomic E-state index is 13.9. The van der Waals surface area contributed by atoms with Crippen molar-refractivity contribution in [3.8, 4) is 11.5 Å². The Morgan fingerprint density at radius 2 is 1.90 bits per heavy atom. The van der Waals surface area contributed by atoms with Gasteiger partial charge in [0, 0.05) is 10.8 Å². The number of benzene rings is 2. The van der Waals surface area contributed by atoms with Gasteiger partial charge in [0.2, 0.25) is 0 Å². The zero-order chi connectivity index (χ0) is 21.9. The van der Waals surface area contributed by atoms with Gasteiger partial charge in [0.15, 0.2) is 5.78 Å². The lowest BCUT2D eigenvalue weighted by atomic mass is 9.75. The minimum Gasteiger partial charge on any atom is -0.496 e. The number of hydrogen-bond donors (Lipinski definition) is 0. The highest BCUT2D eigenvalue weighted by atomic mass is 32.2. The highest BCUT2D eigenvalue weighted by Gasteiger charge is 2.55. The molecule has 30 heavy (non-hydrogen) atoms. The van der Waals surface area contributed by atoms with E-state index in [2.05, 4.69) is 6.58 Å². The van der Waals surface area contributed by atoms with Crippen molar-refractivity contribution < 1.29 is 23.8 Å². The number of carbonyl (C=O) groups excluding carboxylic acids is 2. The number of fused-ring (bicyclic) bond motifs is 1. The molecule has 0 bridgehead atoms. The van der Waals surface area contributed by atoms with E-state index in [1.165, 1.54) is 26.0 Å². The highest BCUT2D eigenvalue weighted by molar-refractivity contribution is 8.01. The van der Waals surface area contributed by atoms with Gasteiger partial charge in [-0.2, -0.15) is 0 Å². The molecule has 5 nitrogen and oxygen atoms in total. The number of Topliss-reactive ketones (excluding diaryl/α,β-unsaturated/α-hetero) is 1. The summed E-state index contributed by atoms with van der Waals surface area (Å²) in [6.07, 6.45) is 1.15. The second kappa shape index (κ2) is 8.96. The Morgan fingerprint density at radius 1 is 1.20 bits per heavy atom. The van der Waals surface area contributed by atoms with Gasteiger partial charge in [-0.15, -0.1) is 18.3 Å². The number of rotatable bonds is 7. The van der Waals surface area contributed by atoms with Gasteiger partial charge in [-0.3, -0.25) is 9.59 Å². The molecule has 1 aliphatic heterocycles. The minimum atomic E-state index is -1.23. The average molecular weight is 427 g/mol. The summed E-state index contributed by atoms with van der Waals surface area (Å²) < 4.78 is 15.7. The molecule has 0 radical (unpaired) electrons. The van der Waals surface area contributed by atoms with Crippen molar-refractivity contribution in [3.05, 3.63) is 66.7 Å². The monoisotopic (exact) mass is 426 g/mol. The molecule has 2 aromatic carbocycles. The van der Waals surface area contributed by atoms with E-state index in [1.54, 1.807) is 31.2 Å². The standard InChI is InChI=1S/C24H26O5S/c1-6-15(2)22-20(21(25)19-17(27-4)13-10-14-18(19)29-22)24(3,23(26)28-5)30-16-11-8-7-9-12-16/h6-15,20,22H,1H2,2-5H3/t15-,20-,22+,24?/m0/s1. The van der Waals surface area contributed by atoms with Gasteiger partial charge in [-0.05, 0) is 31.2 Å². The van der Waals surface area contributed by atoms with Crippen LogP contribution in [0.25, 0.3) is 0 Å². The molecule has 1 heterocycles. The summed E-state index contributed by atoms with van der Waals surface area (Å²) >= 11 is 1.30. The Bertz CT molecular complexity index is 942. The molecule has 0 aromatic heterocycles. The summed E-state index contributed by atoms with van der Waals surface area (Å²) in [7, 11) is 2.84. The lowest BCUT2D eigenvalue weighted by molar-refractivity contribution is -0.145. The lowest BCUT2D eigenvalue weighted by Crippen LogP contribution is -2.55. The molecule has 0 fully saturated rings. The maximum absolute atomic E-state index is 13.9. The fraction of sp³-hybridized carbons (Fsp3) is 0.333. The van der Waals surface area contributed by atoms with Crippen LogP contribution in [0.1, 0.15) is 24.2 Å². The van der Waals surface area contributed by atoms with E-state index in [0.717, 1.165) is 4.90 Å². The van der Waals surface area contributed by atoms with Gasteiger partial charge in [0.25, 0.3) is 0 Å². The molecule has 158 valence electrons. The topological polar surface area (TPSA) is 61.8 Å². The first-order valence-electron chi connectivity index (χ1n) is 9.70. The second-order valence-corrected chi connectivity index (χ2v) is 8.89. The van der Waals surface area contributed by atoms with Crippen LogP contribution in [0.15, 0.2) is 66.1 Å². The van der Waals surface area contributed by atoms with E-state index in [0.29, 0.717) is 17.1 Å². The molecular formula is C24H26O5S. The second-order valence-electron chi connectivity index (χ2n) is 7.37. The molecule has 3 rings (SSSR count). The Kier molecular flexibility index (Phi) is 6.56. The third kappa shape index (κ3) is 3.84. The summed E-state index contributed by atoms with van der Waals surface area (Å²) in [5.41, 5.74) is 0.348. The number of esters is 1. The fourth-order valence-corrected chi connectivity index (χ4v) is 5.14. The first-order valence-corrected chi connectivity index (χ1v) is 10.5. The summed E-state index contributed by atoms with van der Waals surface area (Å²) in [5, 5.41) is 0. The highest BCUT2D eigenvalue weighted by Crippen LogP contribution is 2.49. The third-order valence-corrected chi connectivity index (χ3v) is 6.83. The van der Waals surface area contributed by atoms with Crippen molar-refractivity contribution in [2.45, 2.75) is 29.6 Å². The van der Waals surface area contributed by atoms with Gasteiger partial charge >= 0.3 is 5.97 Å². The smallest absolute Gasteiger partial charge is 0.322 e. The largest absolute Gasteiger partial charge is 0.496 e. The van der Waals surface area contributed by atoms with E-state index in [1.807, 2.05) is 37.3 Å². The van der Waals surface area contributed by atoms with Gasteiger partial charge in [-0.1, -0.05) is 37.3 Å². The number of thioether (sulfide) groups is 1. The summed E-state index contributed by atoms with van der Waals surface area (Å²) in [6.45, 7) is 7.54. The van der Waals surface area contributed by atoms with Crippen molar-refractivity contribution in [2.24, 2.45) is 11.8 Å². The van der Waals surface area contributed by atoms with Crippen molar-refractivity contribution in [3.63, 3.8) is 0 Å². The Labute approximate surface area is 181 Å². The number of ether oxygens (including phenoxy) is 3. The maximum Gasteiger partial charge on any atom is 0.322 e. The number of carbonyl (C=O) groups is 2. The average Bonchev–Trinajstić information content (AvgIpc) is 2.77. The van der Waals surface area contributed by atoms with Crippen LogP contribution in [-0.4, -0.2) is 36.8 Å². The van der Waals surface area contributed by atoms with E-state index >= 15 is 0 Å². The third-order valence-electron chi connectivity index (χ3n) is 5.48. The SMILES string of the molecule is C=C[C@H](C)[C@H]1Oc2cccc(OC)c2C(=O)[C@@H]1C(C)(Sc1ccccc1)C(=O)OC. The van der Waals surface area contributed by atoms with Gasteiger partial charge in [0.1, 0.15) is 27.9 Å². The van der Waals surface area contributed by atoms with E-state index < -0.39 is 22.7 Å². The van der Waals surface area contributed by atoms with E-state index in [9.17, 15) is 9.59 Å². The van der Waals surface area contributed by atoms with Crippen LogP contribution in [0, 0.1) is 11.8 Å². The van der Waals surface area contributed by atoms with Gasteiger partial charge in [0.05, 0.1) is 20.1 Å². The molecule has 0 N–H and O–H groups in total. The quantitative estimate of drug-likeness (QED) is 0.360. The molecule has 1 unspecified atom stereocenters. The number of ketones is 1. The molecule has 2 aromatic rings. The molecule has 0 saturated carbocycles. The number of methoxy groups -OCH3 is 2. The predicted molar refractivity (Wildman–Crippen MR) is 117 cm³/mol. The van der Waals surface area contributed by atoms with Crippen molar-refractivity contribution in [2.75, 3.05) is 14.2 Å². The summed E-state index contributed by atoms with van der Waals surface area (Å²) in [4.78, 5) is 27.8. The number of hydrogen-bond acceptors (Lipinski definition) is 6. The zero-order valence-corrected chi connectivity index (χ0v) is 18.4. The van der Waals surface area contributed by atoms with Crippen LogP contribution in [0.5, 0.6) is 11.5 Å². The van der Waals surface area contributed by atoms with E-state index in [4.69, 9.17) is 14.2 Å². The van der Waals surface area contributed by atoms with Gasteiger partial charge in [-0.25, -0.2) is 0 Å². The van der Waals surface area contributed by atoms with Crippen molar-refractivity contribution in [1.29, 1.82) is 0 Å². The summed E-state index contributed by atoms with van der Waals surface area (Å²) in [5.74, 6) is -0.817. The first kappa shape index (κ1) is 22.0. The lowest BCUT2D eigenvalue weighted by Gasteiger charge is -2.43. The predicted octanol–water partition coefficient (Wildman–Crippen LogP) is 4.80. The minimum absolute atomic E-state index is 0.182. The molecule has 1 aliphatic rings. The zero-order valence-electron chi connectivity index (χ0n) is 17.6. The molecule has 4 atom stereocenters. The van der Waals surface area contributed by atoms with Crippen LogP contribution in [-0.2, 0) is 9.53 Å². The molecule has 6 heteroatoms. The Morgan fingerprint density at radius 3 is 2.50 bits per heavy atom. The van der Waals surface area contributed by atoms with Crippen LogP contribution in [0.2, 0.25) is 0 Å². The fourth-order valence-electron chi connectivity index (χ4n) is 3.82. The molecule has 0 amide bonds. The summed E-state index contributed by atoms with van der Waals surface area (Å²) in [6, 6.07) is 14.7. The molecule has 0 aliphatic carbocycles. The Balaban J connectivity index is 2.18. The van der Waals surface area contributed by atoms with Crippen LogP contribution >= 0.6 is 11.8 Å². The van der Waals surface area contributed by atoms with Crippen molar-refractivity contribution >= 4 is 23.5 Å². The Hall–Kier alpha value is -2.73. The van der Waals surface area contributed by atoms with E-state index in [-0.39, 0.29) is 11.7 Å². The van der Waals surface area contributed by atoms with Crippen molar-refractivity contribution in [1.82, 2.24) is 0 Å².